The third-order valence-corrected chi connectivity index (χ3v) is 10.7. The molecule has 9 heteroatoms. The first-order valence-electron chi connectivity index (χ1n) is 20.3. The molecule has 0 unspecified atom stereocenters. The van der Waals surface area contributed by atoms with Crippen LogP contribution in [0.3, 0.4) is 0 Å². The number of pyridine rings is 6. The summed E-state index contributed by atoms with van der Waals surface area (Å²) in [6, 6.07) is 48.0. The Hall–Kier alpha value is -8.04. The fourth-order valence-corrected chi connectivity index (χ4v) is 7.11. The molecule has 0 fully saturated rings. The van der Waals surface area contributed by atoms with Crippen molar-refractivity contribution in [2.24, 2.45) is 0 Å². The Labute approximate surface area is 360 Å². The van der Waals surface area contributed by atoms with E-state index < -0.39 is 5.41 Å². The molecule has 0 spiro atoms. The lowest BCUT2D eigenvalue weighted by Crippen LogP contribution is -2.25. The van der Waals surface area contributed by atoms with E-state index in [-0.39, 0.29) is 0 Å². The summed E-state index contributed by atoms with van der Waals surface area (Å²) in [7, 11) is 0. The van der Waals surface area contributed by atoms with E-state index in [1.807, 2.05) is 149 Å². The maximum absolute atomic E-state index is 6.25. The number of hydrogen-bond acceptors (Lipinski definition) is 9. The van der Waals surface area contributed by atoms with Crippen molar-refractivity contribution in [2.45, 2.75) is 33.1 Å². The van der Waals surface area contributed by atoms with Gasteiger partial charge in [0.2, 0.25) is 0 Å². The molecule has 9 nitrogen and oxygen atoms in total. The summed E-state index contributed by atoms with van der Waals surface area (Å²) >= 11 is 0. The van der Waals surface area contributed by atoms with E-state index in [1.54, 1.807) is 18.6 Å². The summed E-state index contributed by atoms with van der Waals surface area (Å²) in [4.78, 5) is 27.3. The molecule has 62 heavy (non-hydrogen) atoms. The van der Waals surface area contributed by atoms with Crippen LogP contribution in [0.25, 0.3) is 34.2 Å². The number of rotatable bonds is 12. The molecule has 0 bridgehead atoms. The average molecular weight is 811 g/mol. The van der Waals surface area contributed by atoms with E-state index in [9.17, 15) is 0 Å². The SMILES string of the molecule is Cc1ccc(-c2ccc(Oc3ccc(C(C)(c4ccc(Oc5ccc(-c6ccc(C)cn6)nc5)cc4)c4ccc(Oc5ccc(-c6ccc(C)cn6)nc5)cc4)cc3)cn2)nc1. The zero-order chi connectivity index (χ0) is 42.5. The second-order valence-electron chi connectivity index (χ2n) is 15.3. The van der Waals surface area contributed by atoms with Crippen molar-refractivity contribution in [3.63, 3.8) is 0 Å². The van der Waals surface area contributed by atoms with Gasteiger partial charge in [-0.2, -0.15) is 0 Å². The Balaban J connectivity index is 0.960. The number of hydrogen-bond donors (Lipinski definition) is 0. The van der Waals surface area contributed by atoms with Crippen LogP contribution in [0.4, 0.5) is 0 Å². The molecule has 0 aliphatic heterocycles. The zero-order valence-electron chi connectivity index (χ0n) is 34.7. The van der Waals surface area contributed by atoms with Gasteiger partial charge < -0.3 is 14.2 Å². The van der Waals surface area contributed by atoms with Gasteiger partial charge in [0.05, 0.1) is 52.8 Å². The number of aryl methyl sites for hydroxylation is 3. The molecule has 9 aromatic rings. The van der Waals surface area contributed by atoms with Crippen molar-refractivity contribution in [1.29, 1.82) is 0 Å². The van der Waals surface area contributed by atoms with Crippen molar-refractivity contribution in [3.05, 3.63) is 216 Å². The maximum Gasteiger partial charge on any atom is 0.145 e. The van der Waals surface area contributed by atoms with Crippen LogP contribution in [0.15, 0.2) is 183 Å². The molecule has 0 aliphatic rings. The minimum atomic E-state index is -0.575. The maximum atomic E-state index is 6.25. The standard InChI is InChI=1S/C53H42N6O3/c1-35-5-23-47(54-29-35)50-26-20-44(32-57-50)60-41-14-8-38(9-15-41)53(4,39-10-16-42(17-11-39)61-45-21-27-51(58-33-45)48-24-6-36(2)30-55-48)40-12-18-43(19-13-40)62-46-22-28-52(59-34-46)49-25-7-37(3)31-56-49/h5-34H,1-4H3. The average Bonchev–Trinajstić information content (AvgIpc) is 3.31. The monoisotopic (exact) mass is 810 g/mol. The largest absolute Gasteiger partial charge is 0.456 e. The fraction of sp³-hybridized carbons (Fsp3) is 0.0943. The van der Waals surface area contributed by atoms with Crippen LogP contribution in [-0.2, 0) is 5.41 Å². The van der Waals surface area contributed by atoms with Crippen LogP contribution in [0, 0.1) is 20.8 Å². The Morgan fingerprint density at radius 1 is 0.274 bits per heavy atom. The minimum Gasteiger partial charge on any atom is -0.456 e. The summed E-state index contributed by atoms with van der Waals surface area (Å²) in [5.74, 6) is 3.99. The highest BCUT2D eigenvalue weighted by Crippen LogP contribution is 2.41. The highest BCUT2D eigenvalue weighted by Gasteiger charge is 2.31. The Morgan fingerprint density at radius 2 is 0.500 bits per heavy atom. The van der Waals surface area contributed by atoms with Gasteiger partial charge in [0.25, 0.3) is 0 Å². The Morgan fingerprint density at radius 3 is 0.710 bits per heavy atom. The molecule has 9 rings (SSSR count). The van der Waals surface area contributed by atoms with Crippen molar-refractivity contribution in [2.75, 3.05) is 0 Å². The van der Waals surface area contributed by atoms with E-state index >= 15 is 0 Å². The van der Waals surface area contributed by atoms with Gasteiger partial charge in [-0.3, -0.25) is 29.9 Å². The van der Waals surface area contributed by atoms with E-state index in [0.717, 1.165) is 67.5 Å². The smallest absolute Gasteiger partial charge is 0.145 e. The van der Waals surface area contributed by atoms with Crippen LogP contribution in [0.5, 0.6) is 34.5 Å². The van der Waals surface area contributed by atoms with Crippen LogP contribution in [-0.4, -0.2) is 29.9 Å². The van der Waals surface area contributed by atoms with E-state index in [0.29, 0.717) is 34.5 Å². The Kier molecular flexibility index (Phi) is 11.0. The summed E-state index contributed by atoms with van der Waals surface area (Å²) < 4.78 is 18.8. The summed E-state index contributed by atoms with van der Waals surface area (Å²) in [6.45, 7) is 8.27. The third-order valence-electron chi connectivity index (χ3n) is 10.7. The molecule has 302 valence electrons. The first-order valence-corrected chi connectivity index (χ1v) is 20.3. The fourth-order valence-electron chi connectivity index (χ4n) is 7.11. The van der Waals surface area contributed by atoms with Crippen molar-refractivity contribution in [3.8, 4) is 68.7 Å². The van der Waals surface area contributed by atoms with Crippen molar-refractivity contribution >= 4 is 0 Å². The minimum absolute atomic E-state index is 0.575. The van der Waals surface area contributed by atoms with E-state index in [4.69, 9.17) is 14.2 Å². The van der Waals surface area contributed by atoms with Gasteiger partial charge in [-0.1, -0.05) is 54.6 Å². The molecular formula is C53H42N6O3. The molecule has 0 radical (unpaired) electrons. The first kappa shape index (κ1) is 39.4. The van der Waals surface area contributed by atoms with Gasteiger partial charge in [-0.25, -0.2) is 0 Å². The van der Waals surface area contributed by atoms with E-state index in [1.165, 1.54) is 0 Å². The second kappa shape index (κ2) is 17.3. The number of aromatic nitrogens is 6. The van der Waals surface area contributed by atoms with Crippen LogP contribution < -0.4 is 14.2 Å². The van der Waals surface area contributed by atoms with E-state index in [2.05, 4.69) is 73.2 Å². The zero-order valence-corrected chi connectivity index (χ0v) is 34.7. The summed E-state index contributed by atoms with van der Waals surface area (Å²) in [5, 5.41) is 0. The molecule has 0 saturated carbocycles. The highest BCUT2D eigenvalue weighted by atomic mass is 16.5. The molecule has 6 aromatic heterocycles. The topological polar surface area (TPSA) is 105 Å². The normalized spacial score (nSPS) is 11.2. The van der Waals surface area contributed by atoms with Gasteiger partial charge in [0, 0.05) is 24.0 Å². The quantitative estimate of drug-likeness (QED) is 0.112. The molecule has 0 amide bonds. The summed E-state index contributed by atoms with van der Waals surface area (Å²) in [5.41, 5.74) is 10.7. The lowest BCUT2D eigenvalue weighted by atomic mass is 9.71. The van der Waals surface area contributed by atoms with Gasteiger partial charge in [-0.05, 0) is 152 Å². The predicted octanol–water partition coefficient (Wildman–Crippen LogP) is 12.7. The predicted molar refractivity (Wildman–Crippen MR) is 242 cm³/mol. The van der Waals surface area contributed by atoms with Crippen molar-refractivity contribution in [1.82, 2.24) is 29.9 Å². The number of benzene rings is 3. The molecule has 0 atom stereocenters. The van der Waals surface area contributed by atoms with Gasteiger partial charge in [0.15, 0.2) is 0 Å². The molecule has 6 heterocycles. The number of ether oxygens (including phenoxy) is 3. The Bertz CT molecular complexity index is 2560. The highest BCUT2D eigenvalue weighted by molar-refractivity contribution is 5.58. The lowest BCUT2D eigenvalue weighted by molar-refractivity contribution is 0.479. The summed E-state index contributed by atoms with van der Waals surface area (Å²) in [6.07, 6.45) is 10.7. The van der Waals surface area contributed by atoms with Gasteiger partial charge in [-0.15, -0.1) is 0 Å². The molecule has 0 aliphatic carbocycles. The van der Waals surface area contributed by atoms with Gasteiger partial charge in [0.1, 0.15) is 34.5 Å². The first-order chi connectivity index (χ1) is 30.2. The second-order valence-corrected chi connectivity index (χ2v) is 15.3. The van der Waals surface area contributed by atoms with Gasteiger partial charge >= 0.3 is 0 Å². The van der Waals surface area contributed by atoms with Crippen LogP contribution in [0.2, 0.25) is 0 Å². The van der Waals surface area contributed by atoms with Crippen molar-refractivity contribution < 1.29 is 14.2 Å². The molecule has 0 N–H and O–H groups in total. The van der Waals surface area contributed by atoms with Crippen LogP contribution >= 0.6 is 0 Å². The van der Waals surface area contributed by atoms with Crippen LogP contribution in [0.1, 0.15) is 40.3 Å². The third kappa shape index (κ3) is 8.78. The molecular weight excluding hydrogens is 769 g/mol. The lowest BCUT2D eigenvalue weighted by Gasteiger charge is -2.32. The molecule has 0 saturated heterocycles. The number of nitrogens with zero attached hydrogens (tertiary/aromatic N) is 6. The molecule has 3 aromatic carbocycles.